The Hall–Kier alpha value is -0.193. The fourth-order valence-electron chi connectivity index (χ4n) is 0.862. The molecular formula is C6H9LiNO. The van der Waals surface area contributed by atoms with Crippen molar-refractivity contribution in [1.29, 1.82) is 0 Å². The Bertz CT molecular complexity index is 124. The van der Waals surface area contributed by atoms with Crippen LogP contribution in [0.15, 0.2) is 12.8 Å². The van der Waals surface area contributed by atoms with Gasteiger partial charge >= 0.3 is 0 Å². The molecule has 1 saturated heterocycles. The van der Waals surface area contributed by atoms with Gasteiger partial charge in [-0.2, -0.15) is 0 Å². The van der Waals surface area contributed by atoms with Crippen molar-refractivity contribution in [2.45, 2.75) is 12.8 Å². The van der Waals surface area contributed by atoms with Crippen molar-refractivity contribution in [2.75, 3.05) is 6.54 Å². The summed E-state index contributed by atoms with van der Waals surface area (Å²) in [6.45, 7) is 4.36. The van der Waals surface area contributed by atoms with E-state index in [1.165, 1.54) is 0 Å². The predicted molar refractivity (Wildman–Crippen MR) is 36.9 cm³/mol. The second-order valence-corrected chi connectivity index (χ2v) is 1.87. The van der Waals surface area contributed by atoms with Crippen LogP contribution in [0.5, 0.6) is 0 Å². The summed E-state index contributed by atoms with van der Waals surface area (Å²) in [6, 6.07) is 0. The van der Waals surface area contributed by atoms with Crippen LogP contribution in [0.1, 0.15) is 12.8 Å². The molecule has 2 nitrogen and oxygen atoms in total. The molecule has 0 spiro atoms. The molecule has 1 aliphatic rings. The third-order valence-corrected chi connectivity index (χ3v) is 1.33. The smallest absolute Gasteiger partial charge is 0.226 e. The number of amides is 1. The van der Waals surface area contributed by atoms with Gasteiger partial charge in [0.1, 0.15) is 0 Å². The molecule has 1 radical (unpaired) electrons. The van der Waals surface area contributed by atoms with Crippen molar-refractivity contribution in [3.05, 3.63) is 12.8 Å². The van der Waals surface area contributed by atoms with Crippen LogP contribution in [0.2, 0.25) is 0 Å². The number of rotatable bonds is 1. The van der Waals surface area contributed by atoms with Gasteiger partial charge in [0.25, 0.3) is 0 Å². The van der Waals surface area contributed by atoms with E-state index < -0.39 is 0 Å². The molecule has 1 rings (SSSR count). The van der Waals surface area contributed by atoms with Crippen molar-refractivity contribution in [2.24, 2.45) is 0 Å². The van der Waals surface area contributed by atoms with Crippen molar-refractivity contribution >= 4 is 24.8 Å². The molecule has 1 heterocycles. The SMILES string of the molecule is C=CN1CCCC1=O.[Li]. The van der Waals surface area contributed by atoms with E-state index in [0.29, 0.717) is 6.42 Å². The fourth-order valence-corrected chi connectivity index (χ4v) is 0.862. The van der Waals surface area contributed by atoms with E-state index in [-0.39, 0.29) is 24.8 Å². The zero-order valence-corrected chi connectivity index (χ0v) is 5.76. The number of carbonyl (C=O) groups excluding carboxylic acids is 1. The van der Waals surface area contributed by atoms with Crippen LogP contribution in [0.4, 0.5) is 0 Å². The first kappa shape index (κ1) is 8.81. The number of likely N-dealkylation sites (tertiary alicyclic amines) is 1. The number of carbonyl (C=O) groups is 1. The van der Waals surface area contributed by atoms with Gasteiger partial charge in [-0.25, -0.2) is 0 Å². The fraction of sp³-hybridized carbons (Fsp3) is 0.500. The molecule has 0 saturated carbocycles. The zero-order valence-electron chi connectivity index (χ0n) is 5.76. The average Bonchev–Trinajstić information content (AvgIpc) is 2.14. The van der Waals surface area contributed by atoms with E-state index in [9.17, 15) is 4.79 Å². The number of nitrogens with zero attached hydrogens (tertiary/aromatic N) is 1. The van der Waals surface area contributed by atoms with Gasteiger partial charge in [-0.1, -0.05) is 6.58 Å². The summed E-state index contributed by atoms with van der Waals surface area (Å²) in [5, 5.41) is 0. The Balaban J connectivity index is 0.000000640. The molecule has 0 aromatic heterocycles. The zero-order chi connectivity index (χ0) is 5.98. The number of hydrogen-bond acceptors (Lipinski definition) is 1. The van der Waals surface area contributed by atoms with Gasteiger partial charge in [0.05, 0.1) is 0 Å². The third-order valence-electron chi connectivity index (χ3n) is 1.33. The summed E-state index contributed by atoms with van der Waals surface area (Å²) in [4.78, 5) is 12.3. The molecule has 9 heavy (non-hydrogen) atoms. The van der Waals surface area contributed by atoms with E-state index in [2.05, 4.69) is 6.58 Å². The molecule has 1 aliphatic heterocycles. The number of hydrogen-bond donors (Lipinski definition) is 0. The second kappa shape index (κ2) is 3.76. The predicted octanol–water partition coefficient (Wildman–Crippen LogP) is 0.371. The quantitative estimate of drug-likeness (QED) is 0.455. The van der Waals surface area contributed by atoms with Crippen molar-refractivity contribution in [3.8, 4) is 0 Å². The Morgan fingerprint density at radius 1 is 1.67 bits per heavy atom. The van der Waals surface area contributed by atoms with Gasteiger partial charge in [0, 0.05) is 31.8 Å². The van der Waals surface area contributed by atoms with Gasteiger partial charge < -0.3 is 4.90 Å². The molecule has 0 aliphatic carbocycles. The molecule has 1 amide bonds. The molecular weight excluding hydrogens is 109 g/mol. The summed E-state index contributed by atoms with van der Waals surface area (Å²) in [6.07, 6.45) is 3.28. The first-order valence-electron chi connectivity index (χ1n) is 2.76. The van der Waals surface area contributed by atoms with E-state index in [1.807, 2.05) is 0 Å². The van der Waals surface area contributed by atoms with Crippen LogP contribution >= 0.6 is 0 Å². The maximum absolute atomic E-state index is 10.7. The summed E-state index contributed by atoms with van der Waals surface area (Å²) in [5.41, 5.74) is 0. The first-order valence-corrected chi connectivity index (χ1v) is 2.76. The van der Waals surface area contributed by atoms with Crippen molar-refractivity contribution in [1.82, 2.24) is 4.90 Å². The van der Waals surface area contributed by atoms with Gasteiger partial charge in [-0.3, -0.25) is 4.79 Å². The minimum absolute atomic E-state index is 0. The molecule has 45 valence electrons. The maximum Gasteiger partial charge on any atom is 0.226 e. The van der Waals surface area contributed by atoms with Crippen LogP contribution in [0.3, 0.4) is 0 Å². The summed E-state index contributed by atoms with van der Waals surface area (Å²) < 4.78 is 0. The molecule has 0 aromatic rings. The Morgan fingerprint density at radius 2 is 2.33 bits per heavy atom. The van der Waals surface area contributed by atoms with Gasteiger partial charge in [-0.05, 0) is 12.6 Å². The molecule has 0 unspecified atom stereocenters. The van der Waals surface area contributed by atoms with Crippen molar-refractivity contribution < 1.29 is 4.79 Å². The Labute approximate surface area is 67.1 Å². The van der Waals surface area contributed by atoms with Crippen molar-refractivity contribution in [3.63, 3.8) is 0 Å². The van der Waals surface area contributed by atoms with Crippen LogP contribution in [-0.4, -0.2) is 36.2 Å². The summed E-state index contributed by atoms with van der Waals surface area (Å²) >= 11 is 0. The summed E-state index contributed by atoms with van der Waals surface area (Å²) in [7, 11) is 0. The summed E-state index contributed by atoms with van der Waals surface area (Å²) in [5.74, 6) is 0.208. The van der Waals surface area contributed by atoms with E-state index in [0.717, 1.165) is 13.0 Å². The monoisotopic (exact) mass is 118 g/mol. The second-order valence-electron chi connectivity index (χ2n) is 1.87. The molecule has 0 atom stereocenters. The third kappa shape index (κ3) is 1.89. The molecule has 0 aromatic carbocycles. The molecule has 3 heteroatoms. The van der Waals surface area contributed by atoms with Gasteiger partial charge in [0.2, 0.25) is 5.91 Å². The topological polar surface area (TPSA) is 20.3 Å². The standard InChI is InChI=1S/C6H9NO.Li/c1-2-7-5-3-4-6(7)8;/h2H,1,3-5H2;. The average molecular weight is 118 g/mol. The van der Waals surface area contributed by atoms with Crippen LogP contribution in [0, 0.1) is 0 Å². The van der Waals surface area contributed by atoms with Gasteiger partial charge in [0.15, 0.2) is 0 Å². The van der Waals surface area contributed by atoms with Crippen LogP contribution in [-0.2, 0) is 4.79 Å². The van der Waals surface area contributed by atoms with E-state index >= 15 is 0 Å². The Morgan fingerprint density at radius 3 is 2.56 bits per heavy atom. The Kier molecular flexibility index (Phi) is 3.68. The van der Waals surface area contributed by atoms with E-state index in [1.54, 1.807) is 11.1 Å². The van der Waals surface area contributed by atoms with Crippen LogP contribution < -0.4 is 0 Å². The molecule has 0 bridgehead atoms. The minimum Gasteiger partial charge on any atom is -0.320 e. The minimum atomic E-state index is 0. The maximum atomic E-state index is 10.7. The molecule has 1 fully saturated rings. The van der Waals surface area contributed by atoms with E-state index in [4.69, 9.17) is 0 Å². The van der Waals surface area contributed by atoms with Gasteiger partial charge in [-0.15, -0.1) is 0 Å². The first-order chi connectivity index (χ1) is 3.84. The molecule has 0 N–H and O–H groups in total. The van der Waals surface area contributed by atoms with Crippen LogP contribution in [0.25, 0.3) is 0 Å². The largest absolute Gasteiger partial charge is 0.320 e. The normalized spacial score (nSPS) is 17.3.